The van der Waals surface area contributed by atoms with Crippen LogP contribution >= 0.6 is 7.37 Å². The second kappa shape index (κ2) is 3.62. The van der Waals surface area contributed by atoms with Gasteiger partial charge in [0.2, 0.25) is 0 Å². The van der Waals surface area contributed by atoms with Gasteiger partial charge < -0.3 is 9.42 Å². The zero-order valence-corrected chi connectivity index (χ0v) is 10.2. The molecule has 82 valence electrons. The molecular formula is C10H20NO2P. The van der Waals surface area contributed by atoms with Crippen molar-refractivity contribution >= 4 is 7.37 Å². The van der Waals surface area contributed by atoms with Gasteiger partial charge in [-0.05, 0) is 32.7 Å². The van der Waals surface area contributed by atoms with Crippen LogP contribution in [0.1, 0.15) is 25.7 Å². The summed E-state index contributed by atoms with van der Waals surface area (Å²) in [5, 5.41) is 0. The Balaban J connectivity index is 1.96. The van der Waals surface area contributed by atoms with Gasteiger partial charge in [-0.3, -0.25) is 4.57 Å². The fraction of sp³-hybridized carbons (Fsp3) is 1.00. The molecule has 2 aliphatic heterocycles. The predicted octanol–water partition coefficient (Wildman–Crippen LogP) is 2.17. The molecule has 0 aromatic carbocycles. The molecule has 3 atom stereocenters. The zero-order valence-electron chi connectivity index (χ0n) is 9.27. The van der Waals surface area contributed by atoms with E-state index in [4.69, 9.17) is 4.52 Å². The van der Waals surface area contributed by atoms with Crippen LogP contribution in [0.5, 0.6) is 0 Å². The Bertz CT molecular complexity index is 249. The molecule has 0 aliphatic carbocycles. The Labute approximate surface area is 86.3 Å². The van der Waals surface area contributed by atoms with Crippen LogP contribution in [-0.2, 0) is 9.09 Å². The molecule has 0 aromatic heterocycles. The highest BCUT2D eigenvalue weighted by Gasteiger charge is 2.39. The van der Waals surface area contributed by atoms with Crippen molar-refractivity contribution in [2.45, 2.75) is 43.9 Å². The van der Waals surface area contributed by atoms with Crippen LogP contribution in [0.2, 0.25) is 0 Å². The van der Waals surface area contributed by atoms with Crippen molar-refractivity contribution in [3.8, 4) is 0 Å². The summed E-state index contributed by atoms with van der Waals surface area (Å²) in [5.74, 6) is 0. The summed E-state index contributed by atoms with van der Waals surface area (Å²) < 4.78 is 17.2. The van der Waals surface area contributed by atoms with Gasteiger partial charge >= 0.3 is 0 Å². The van der Waals surface area contributed by atoms with Gasteiger partial charge in [-0.1, -0.05) is 0 Å². The molecule has 0 radical (unpaired) electrons. The largest absolute Gasteiger partial charge is 0.325 e. The molecule has 0 aromatic rings. The molecule has 0 amide bonds. The summed E-state index contributed by atoms with van der Waals surface area (Å²) in [7, 11) is -0.0933. The predicted molar refractivity (Wildman–Crippen MR) is 58.1 cm³/mol. The quantitative estimate of drug-likeness (QED) is 0.664. The first-order valence-corrected chi connectivity index (χ1v) is 7.93. The van der Waals surface area contributed by atoms with Crippen molar-refractivity contribution in [1.29, 1.82) is 0 Å². The van der Waals surface area contributed by atoms with E-state index < -0.39 is 7.37 Å². The van der Waals surface area contributed by atoms with E-state index in [2.05, 4.69) is 11.9 Å². The lowest BCUT2D eigenvalue weighted by atomic mass is 10.0. The molecule has 0 N–H and O–H groups in total. The third-order valence-corrected chi connectivity index (χ3v) is 4.26. The minimum Gasteiger partial charge on any atom is -0.325 e. The van der Waals surface area contributed by atoms with E-state index in [-0.39, 0.29) is 6.10 Å². The summed E-state index contributed by atoms with van der Waals surface area (Å²) in [6.45, 7) is 3.43. The standard InChI is InChI=1S/C10H20NO2P/c1-11-8-4-5-9(11)7-10(6-8)13-14(2,3)12/h8-10H,4-7H2,1-3H3/t8-,9+,10?. The van der Waals surface area contributed by atoms with Gasteiger partial charge in [-0.15, -0.1) is 0 Å². The van der Waals surface area contributed by atoms with Crippen LogP contribution in [0.15, 0.2) is 0 Å². The van der Waals surface area contributed by atoms with Gasteiger partial charge in [0.15, 0.2) is 7.37 Å². The molecule has 2 rings (SSSR count). The summed E-state index contributed by atoms with van der Waals surface area (Å²) >= 11 is 0. The number of rotatable bonds is 2. The van der Waals surface area contributed by atoms with E-state index in [9.17, 15) is 4.57 Å². The normalized spacial score (nSPS) is 38.9. The van der Waals surface area contributed by atoms with Gasteiger partial charge in [0.25, 0.3) is 0 Å². The van der Waals surface area contributed by atoms with Crippen LogP contribution in [0.3, 0.4) is 0 Å². The minimum absolute atomic E-state index is 0.240. The van der Waals surface area contributed by atoms with Crippen LogP contribution in [0.4, 0.5) is 0 Å². The molecule has 14 heavy (non-hydrogen) atoms. The molecule has 4 heteroatoms. The highest BCUT2D eigenvalue weighted by atomic mass is 31.2. The van der Waals surface area contributed by atoms with E-state index in [1.54, 1.807) is 13.3 Å². The summed E-state index contributed by atoms with van der Waals surface area (Å²) in [6.07, 6.45) is 4.96. The second-order valence-corrected chi connectivity index (χ2v) is 7.72. The van der Waals surface area contributed by atoms with Gasteiger partial charge in [0.1, 0.15) is 0 Å². The first kappa shape index (κ1) is 10.7. The number of nitrogens with zero attached hydrogens (tertiary/aromatic N) is 1. The molecule has 2 saturated heterocycles. The molecule has 2 fully saturated rings. The van der Waals surface area contributed by atoms with Crippen molar-refractivity contribution in [3.63, 3.8) is 0 Å². The Morgan fingerprint density at radius 1 is 1.21 bits per heavy atom. The van der Waals surface area contributed by atoms with Crippen molar-refractivity contribution in [1.82, 2.24) is 4.90 Å². The average molecular weight is 217 g/mol. The fourth-order valence-electron chi connectivity index (χ4n) is 2.81. The molecule has 1 unspecified atom stereocenters. The third kappa shape index (κ3) is 2.21. The lowest BCUT2D eigenvalue weighted by Gasteiger charge is -2.36. The number of hydrogen-bond donors (Lipinski definition) is 0. The Hall–Kier alpha value is 0.150. The maximum Gasteiger partial charge on any atom is 0.197 e. The molecule has 2 heterocycles. The van der Waals surface area contributed by atoms with Crippen LogP contribution in [-0.4, -0.2) is 43.5 Å². The molecule has 2 aliphatic rings. The highest BCUT2D eigenvalue weighted by molar-refractivity contribution is 7.57. The summed E-state index contributed by atoms with van der Waals surface area (Å²) in [4.78, 5) is 2.47. The Kier molecular flexibility index (Phi) is 2.76. The SMILES string of the molecule is CN1[C@@H]2CC[C@H]1CC(OP(C)(C)=O)C2. The number of piperidine rings is 1. The van der Waals surface area contributed by atoms with Crippen molar-refractivity contribution in [3.05, 3.63) is 0 Å². The molecule has 0 saturated carbocycles. The van der Waals surface area contributed by atoms with Crippen molar-refractivity contribution in [2.24, 2.45) is 0 Å². The maximum absolute atomic E-state index is 11.6. The third-order valence-electron chi connectivity index (χ3n) is 3.46. The summed E-state index contributed by atoms with van der Waals surface area (Å²) in [6, 6.07) is 1.34. The number of hydrogen-bond acceptors (Lipinski definition) is 3. The second-order valence-electron chi connectivity index (χ2n) is 5.00. The Morgan fingerprint density at radius 2 is 1.71 bits per heavy atom. The average Bonchev–Trinajstić information content (AvgIpc) is 2.32. The van der Waals surface area contributed by atoms with E-state index >= 15 is 0 Å². The monoisotopic (exact) mass is 217 g/mol. The first-order chi connectivity index (χ1) is 6.46. The Morgan fingerprint density at radius 3 is 2.14 bits per heavy atom. The van der Waals surface area contributed by atoms with Crippen molar-refractivity contribution < 1.29 is 9.09 Å². The van der Waals surface area contributed by atoms with Crippen LogP contribution in [0.25, 0.3) is 0 Å². The van der Waals surface area contributed by atoms with E-state index in [1.165, 1.54) is 12.8 Å². The molecular weight excluding hydrogens is 197 g/mol. The molecule has 0 spiro atoms. The minimum atomic E-state index is -2.30. The number of fused-ring (bicyclic) bond motifs is 2. The first-order valence-electron chi connectivity index (χ1n) is 5.41. The van der Waals surface area contributed by atoms with Crippen molar-refractivity contribution in [2.75, 3.05) is 20.4 Å². The molecule has 3 nitrogen and oxygen atoms in total. The van der Waals surface area contributed by atoms with E-state index in [1.807, 2.05) is 0 Å². The van der Waals surface area contributed by atoms with E-state index in [0.717, 1.165) is 12.8 Å². The molecule has 2 bridgehead atoms. The smallest absolute Gasteiger partial charge is 0.197 e. The van der Waals surface area contributed by atoms with Gasteiger partial charge in [0.05, 0.1) is 6.10 Å². The highest BCUT2D eigenvalue weighted by Crippen LogP contribution is 2.44. The lowest BCUT2D eigenvalue weighted by Crippen LogP contribution is -2.42. The lowest BCUT2D eigenvalue weighted by molar-refractivity contribution is 0.0693. The van der Waals surface area contributed by atoms with Crippen LogP contribution in [0, 0.1) is 0 Å². The zero-order chi connectivity index (χ0) is 10.3. The van der Waals surface area contributed by atoms with Gasteiger partial charge in [-0.2, -0.15) is 0 Å². The fourth-order valence-corrected chi connectivity index (χ4v) is 3.70. The van der Waals surface area contributed by atoms with E-state index in [0.29, 0.717) is 12.1 Å². The summed E-state index contributed by atoms with van der Waals surface area (Å²) in [5.41, 5.74) is 0. The topological polar surface area (TPSA) is 29.5 Å². The van der Waals surface area contributed by atoms with Gasteiger partial charge in [0, 0.05) is 25.4 Å². The maximum atomic E-state index is 11.6. The van der Waals surface area contributed by atoms with Gasteiger partial charge in [-0.25, -0.2) is 0 Å². The van der Waals surface area contributed by atoms with Crippen LogP contribution < -0.4 is 0 Å².